The molecule has 1 aliphatic heterocycles. The van der Waals surface area contributed by atoms with Crippen molar-refractivity contribution in [2.24, 2.45) is 0 Å². The van der Waals surface area contributed by atoms with Crippen LogP contribution in [-0.2, 0) is 4.79 Å². The quantitative estimate of drug-likeness (QED) is 0.597. The molecule has 4 heteroatoms. The summed E-state index contributed by atoms with van der Waals surface area (Å²) in [7, 11) is 0. The molecular formula is C13H13NO3. The van der Waals surface area contributed by atoms with Crippen LogP contribution in [0, 0.1) is 11.8 Å². The Balaban J connectivity index is 2.01. The molecular weight excluding hydrogens is 218 g/mol. The maximum atomic E-state index is 11.6. The van der Waals surface area contributed by atoms with Crippen molar-refractivity contribution in [1.29, 1.82) is 0 Å². The Hall–Kier alpha value is -1.83. The van der Waals surface area contributed by atoms with Gasteiger partial charge in [-0.2, -0.15) is 0 Å². The third kappa shape index (κ3) is 2.84. The van der Waals surface area contributed by atoms with Crippen LogP contribution in [0.25, 0.3) is 0 Å². The number of amides is 1. The van der Waals surface area contributed by atoms with E-state index >= 15 is 0 Å². The van der Waals surface area contributed by atoms with Gasteiger partial charge in [-0.3, -0.25) is 4.79 Å². The fourth-order valence-electron chi connectivity index (χ4n) is 1.66. The van der Waals surface area contributed by atoms with Gasteiger partial charge in [-0.25, -0.2) is 0 Å². The lowest BCUT2D eigenvalue weighted by molar-refractivity contribution is -0.124. The van der Waals surface area contributed by atoms with Crippen LogP contribution in [0.2, 0.25) is 0 Å². The zero-order valence-corrected chi connectivity index (χ0v) is 9.21. The minimum atomic E-state index is -0.863. The van der Waals surface area contributed by atoms with Gasteiger partial charge in [0.15, 0.2) is 0 Å². The summed E-state index contributed by atoms with van der Waals surface area (Å²) >= 11 is 0. The lowest BCUT2D eigenvalue weighted by Crippen LogP contribution is -2.28. The molecule has 1 fully saturated rings. The number of carbonyl (C=O) groups excluding carboxylic acids is 1. The van der Waals surface area contributed by atoms with Gasteiger partial charge in [0, 0.05) is 11.5 Å². The largest absolute Gasteiger partial charge is 0.388 e. The van der Waals surface area contributed by atoms with E-state index in [1.165, 1.54) is 4.90 Å². The van der Waals surface area contributed by atoms with E-state index in [1.54, 1.807) is 0 Å². The van der Waals surface area contributed by atoms with Crippen LogP contribution in [-0.4, -0.2) is 46.3 Å². The average molecular weight is 231 g/mol. The molecule has 0 bridgehead atoms. The summed E-state index contributed by atoms with van der Waals surface area (Å²) in [5, 5.41) is 18.6. The fraction of sp³-hybridized carbons (Fsp3) is 0.308. The molecule has 17 heavy (non-hydrogen) atoms. The molecule has 1 aromatic rings. The Morgan fingerprint density at radius 2 is 1.76 bits per heavy atom. The number of β-amino-alcohol motifs (C(OH)–C–C–N with tert-alkyl or cyclic N) is 2. The van der Waals surface area contributed by atoms with E-state index in [-0.39, 0.29) is 19.0 Å². The summed E-state index contributed by atoms with van der Waals surface area (Å²) in [6, 6.07) is 9.19. The number of likely N-dealkylation sites (tertiary alicyclic amines) is 1. The predicted octanol–water partition coefficient (Wildman–Crippen LogP) is -0.398. The number of aliphatic hydroxyl groups excluding tert-OH is 2. The van der Waals surface area contributed by atoms with Gasteiger partial charge in [-0.05, 0) is 12.1 Å². The first-order valence-electron chi connectivity index (χ1n) is 5.39. The van der Waals surface area contributed by atoms with Crippen molar-refractivity contribution in [2.75, 3.05) is 13.1 Å². The maximum Gasteiger partial charge on any atom is 0.299 e. The highest BCUT2D eigenvalue weighted by Crippen LogP contribution is 2.09. The lowest BCUT2D eigenvalue weighted by Gasteiger charge is -2.09. The number of carbonyl (C=O) groups is 1. The zero-order chi connectivity index (χ0) is 12.3. The second kappa shape index (κ2) is 5.00. The number of aliphatic hydroxyl groups is 2. The van der Waals surface area contributed by atoms with Gasteiger partial charge in [0.05, 0.1) is 25.3 Å². The average Bonchev–Trinajstić information content (AvgIpc) is 2.68. The van der Waals surface area contributed by atoms with Crippen LogP contribution in [0.15, 0.2) is 30.3 Å². The standard InChI is InChI=1S/C13H13NO3/c15-11-8-14(9-12(11)16)13(17)7-6-10-4-2-1-3-5-10/h1-5,11-12,15-16H,8-9H2/t11-,12+. The molecule has 0 radical (unpaired) electrons. The van der Waals surface area contributed by atoms with Gasteiger partial charge in [-0.1, -0.05) is 24.1 Å². The van der Waals surface area contributed by atoms with E-state index in [0.717, 1.165) is 5.56 Å². The summed E-state index contributed by atoms with van der Waals surface area (Å²) < 4.78 is 0. The Kier molecular flexibility index (Phi) is 3.43. The highest BCUT2D eigenvalue weighted by Gasteiger charge is 2.31. The van der Waals surface area contributed by atoms with E-state index in [4.69, 9.17) is 0 Å². The zero-order valence-electron chi connectivity index (χ0n) is 9.21. The summed E-state index contributed by atoms with van der Waals surface area (Å²) in [6.45, 7) is 0.285. The molecule has 0 unspecified atom stereocenters. The first kappa shape index (κ1) is 11.6. The smallest absolute Gasteiger partial charge is 0.299 e. The van der Waals surface area contributed by atoms with Crippen molar-refractivity contribution in [2.45, 2.75) is 12.2 Å². The van der Waals surface area contributed by atoms with Crippen LogP contribution in [0.5, 0.6) is 0 Å². The minimum absolute atomic E-state index is 0.142. The van der Waals surface area contributed by atoms with Gasteiger partial charge in [0.1, 0.15) is 0 Å². The van der Waals surface area contributed by atoms with Crippen LogP contribution in [0.3, 0.4) is 0 Å². The van der Waals surface area contributed by atoms with Gasteiger partial charge < -0.3 is 15.1 Å². The number of nitrogens with zero attached hydrogens (tertiary/aromatic N) is 1. The van der Waals surface area contributed by atoms with Gasteiger partial charge in [0.2, 0.25) is 0 Å². The SMILES string of the molecule is O=C(C#Cc1ccccc1)N1C[C@@H](O)[C@@H](O)C1. The van der Waals surface area contributed by atoms with E-state index < -0.39 is 12.2 Å². The van der Waals surface area contributed by atoms with Crippen LogP contribution in [0.4, 0.5) is 0 Å². The van der Waals surface area contributed by atoms with E-state index in [1.807, 2.05) is 30.3 Å². The Morgan fingerprint density at radius 3 is 2.35 bits per heavy atom. The van der Waals surface area contributed by atoms with Crippen LogP contribution >= 0.6 is 0 Å². The van der Waals surface area contributed by atoms with Gasteiger partial charge >= 0.3 is 0 Å². The first-order chi connectivity index (χ1) is 8.16. The topological polar surface area (TPSA) is 60.8 Å². The number of hydrogen-bond acceptors (Lipinski definition) is 3. The minimum Gasteiger partial charge on any atom is -0.388 e. The van der Waals surface area contributed by atoms with Crippen molar-refractivity contribution < 1.29 is 15.0 Å². The Labute approximate surface area is 99.5 Å². The molecule has 4 nitrogen and oxygen atoms in total. The molecule has 1 saturated heterocycles. The highest BCUT2D eigenvalue weighted by atomic mass is 16.3. The highest BCUT2D eigenvalue weighted by molar-refractivity contribution is 5.94. The molecule has 0 saturated carbocycles. The lowest BCUT2D eigenvalue weighted by atomic mass is 10.2. The molecule has 0 spiro atoms. The molecule has 1 amide bonds. The molecule has 1 aliphatic rings. The number of benzene rings is 1. The summed E-state index contributed by atoms with van der Waals surface area (Å²) in [4.78, 5) is 13.0. The monoisotopic (exact) mass is 231 g/mol. The molecule has 1 heterocycles. The van der Waals surface area contributed by atoms with Gasteiger partial charge in [0.25, 0.3) is 5.91 Å². The molecule has 88 valence electrons. The predicted molar refractivity (Wildman–Crippen MR) is 61.9 cm³/mol. The molecule has 2 rings (SSSR count). The van der Waals surface area contributed by atoms with Crippen molar-refractivity contribution in [3.63, 3.8) is 0 Å². The van der Waals surface area contributed by atoms with E-state index in [9.17, 15) is 15.0 Å². The van der Waals surface area contributed by atoms with Crippen molar-refractivity contribution in [3.8, 4) is 11.8 Å². The number of hydrogen-bond donors (Lipinski definition) is 2. The molecule has 2 N–H and O–H groups in total. The molecule has 0 aliphatic carbocycles. The van der Waals surface area contributed by atoms with Crippen molar-refractivity contribution in [3.05, 3.63) is 35.9 Å². The second-order valence-corrected chi connectivity index (χ2v) is 3.96. The maximum absolute atomic E-state index is 11.6. The summed E-state index contributed by atoms with van der Waals surface area (Å²) in [5.74, 6) is 4.87. The molecule has 1 aromatic carbocycles. The third-order valence-corrected chi connectivity index (χ3v) is 2.63. The van der Waals surface area contributed by atoms with Gasteiger partial charge in [-0.15, -0.1) is 0 Å². The Bertz CT molecular complexity index is 451. The summed E-state index contributed by atoms with van der Waals surface area (Å²) in [5.41, 5.74) is 0.765. The van der Waals surface area contributed by atoms with Crippen molar-refractivity contribution in [1.82, 2.24) is 4.90 Å². The van der Waals surface area contributed by atoms with E-state index in [0.29, 0.717) is 0 Å². The Morgan fingerprint density at radius 1 is 1.18 bits per heavy atom. The molecule has 0 aromatic heterocycles. The fourth-order valence-corrected chi connectivity index (χ4v) is 1.66. The van der Waals surface area contributed by atoms with E-state index in [2.05, 4.69) is 11.8 Å². The van der Waals surface area contributed by atoms with Crippen molar-refractivity contribution >= 4 is 5.91 Å². The third-order valence-electron chi connectivity index (χ3n) is 2.63. The number of rotatable bonds is 0. The van der Waals surface area contributed by atoms with Crippen LogP contribution < -0.4 is 0 Å². The normalized spacial score (nSPS) is 23.1. The second-order valence-electron chi connectivity index (χ2n) is 3.96. The first-order valence-corrected chi connectivity index (χ1v) is 5.39. The molecule has 2 atom stereocenters. The van der Waals surface area contributed by atoms with Crippen LogP contribution in [0.1, 0.15) is 5.56 Å². The summed E-state index contributed by atoms with van der Waals surface area (Å²) in [6.07, 6.45) is -1.73.